The summed E-state index contributed by atoms with van der Waals surface area (Å²) < 4.78 is 15.1. The average Bonchev–Trinajstić information content (AvgIpc) is 3.01. The molecule has 0 atom stereocenters. The van der Waals surface area contributed by atoms with Crippen molar-refractivity contribution in [1.82, 2.24) is 14.9 Å². The van der Waals surface area contributed by atoms with Crippen LogP contribution in [0, 0.1) is 5.82 Å². The molecule has 0 fully saturated rings. The number of nitrogens with one attached hydrogen (secondary N) is 1. The van der Waals surface area contributed by atoms with Crippen LogP contribution in [-0.4, -0.2) is 26.5 Å². The lowest BCUT2D eigenvalue weighted by atomic mass is 9.86. The van der Waals surface area contributed by atoms with Crippen LogP contribution in [0.2, 0.25) is 0 Å². The molecule has 0 spiro atoms. The number of thioether (sulfide) groups is 1. The van der Waals surface area contributed by atoms with Gasteiger partial charge < -0.3 is 11.2 Å². The first-order chi connectivity index (χ1) is 13.8. The predicted molar refractivity (Wildman–Crippen MR) is 114 cm³/mol. The van der Waals surface area contributed by atoms with Crippen LogP contribution < -0.4 is 11.2 Å². The summed E-state index contributed by atoms with van der Waals surface area (Å²) in [7, 11) is 0. The number of para-hydroxylation sites is 1. The molecule has 6 nitrogen and oxygen atoms in total. The van der Waals surface area contributed by atoms with Gasteiger partial charge in [-0.1, -0.05) is 68.9 Å². The van der Waals surface area contributed by atoms with Crippen molar-refractivity contribution in [2.24, 2.45) is 0 Å². The number of rotatable bonds is 6. The molecule has 8 heteroatoms. The number of halogens is 1. The Kier molecular flexibility index (Phi) is 6.22. The van der Waals surface area contributed by atoms with Crippen molar-refractivity contribution in [3.63, 3.8) is 0 Å². The van der Waals surface area contributed by atoms with Gasteiger partial charge in [-0.15, -0.1) is 10.2 Å². The van der Waals surface area contributed by atoms with E-state index in [1.165, 1.54) is 22.5 Å². The molecule has 0 aliphatic heterocycles. The van der Waals surface area contributed by atoms with Gasteiger partial charge in [-0.05, 0) is 28.7 Å². The van der Waals surface area contributed by atoms with Crippen molar-refractivity contribution >= 4 is 23.4 Å². The van der Waals surface area contributed by atoms with Crippen molar-refractivity contribution in [2.45, 2.75) is 37.8 Å². The lowest BCUT2D eigenvalue weighted by Gasteiger charge is -2.22. The first-order valence-corrected chi connectivity index (χ1v) is 10.2. The third-order valence-electron chi connectivity index (χ3n) is 4.38. The van der Waals surface area contributed by atoms with E-state index in [9.17, 15) is 9.18 Å². The summed E-state index contributed by atoms with van der Waals surface area (Å²) in [5.74, 6) is 6.12. The van der Waals surface area contributed by atoms with Crippen LogP contribution in [0.5, 0.6) is 0 Å². The summed E-state index contributed by atoms with van der Waals surface area (Å²) >= 11 is 1.18. The van der Waals surface area contributed by atoms with E-state index in [-0.39, 0.29) is 29.3 Å². The molecule has 1 aromatic heterocycles. The molecule has 0 aliphatic carbocycles. The van der Waals surface area contributed by atoms with E-state index in [4.69, 9.17) is 5.84 Å². The van der Waals surface area contributed by atoms with Gasteiger partial charge in [0, 0.05) is 12.1 Å². The first kappa shape index (κ1) is 20.9. The summed E-state index contributed by atoms with van der Waals surface area (Å²) in [6.07, 6.45) is 0.224. The minimum Gasteiger partial charge on any atom is -0.336 e. The largest absolute Gasteiger partial charge is 0.336 e. The van der Waals surface area contributed by atoms with Gasteiger partial charge in [-0.25, -0.2) is 9.07 Å². The fourth-order valence-electron chi connectivity index (χ4n) is 2.90. The minimum atomic E-state index is -0.318. The van der Waals surface area contributed by atoms with Gasteiger partial charge >= 0.3 is 0 Å². The van der Waals surface area contributed by atoms with E-state index in [1.54, 1.807) is 18.2 Å². The minimum absolute atomic E-state index is 0.0872. The van der Waals surface area contributed by atoms with Gasteiger partial charge in [-0.2, -0.15) is 0 Å². The smallest absolute Gasteiger partial charge is 0.234 e. The van der Waals surface area contributed by atoms with Gasteiger partial charge in [0.1, 0.15) is 5.82 Å². The highest BCUT2D eigenvalue weighted by molar-refractivity contribution is 7.99. The molecule has 3 rings (SSSR count). The molecule has 3 aromatic rings. The van der Waals surface area contributed by atoms with Crippen LogP contribution in [-0.2, 0) is 16.6 Å². The Balaban J connectivity index is 1.63. The van der Waals surface area contributed by atoms with Crippen molar-refractivity contribution in [1.29, 1.82) is 0 Å². The molecule has 0 radical (unpaired) electrons. The molecule has 0 aliphatic rings. The number of hydrogen-bond donors (Lipinski definition) is 2. The van der Waals surface area contributed by atoms with Crippen LogP contribution in [0.4, 0.5) is 10.1 Å². The standard InChI is InChI=1S/C21H24FN5OS/c1-21(2,3)15-9-5-7-11-17(15)24-19(28)13-29-20-26-25-18(27(20)23)12-14-8-4-6-10-16(14)22/h4-11H,12-13,23H2,1-3H3,(H,24,28). The van der Waals surface area contributed by atoms with E-state index in [1.807, 2.05) is 24.3 Å². The van der Waals surface area contributed by atoms with E-state index >= 15 is 0 Å². The molecule has 2 aromatic carbocycles. The second-order valence-electron chi connectivity index (χ2n) is 7.67. The van der Waals surface area contributed by atoms with Crippen molar-refractivity contribution in [3.8, 4) is 0 Å². The molecule has 152 valence electrons. The Bertz CT molecular complexity index is 1010. The van der Waals surface area contributed by atoms with Gasteiger partial charge in [0.2, 0.25) is 11.1 Å². The normalized spacial score (nSPS) is 11.4. The molecular weight excluding hydrogens is 389 g/mol. The Morgan fingerprint density at radius 2 is 1.83 bits per heavy atom. The summed E-state index contributed by atoms with van der Waals surface area (Å²) in [6.45, 7) is 6.29. The Labute approximate surface area is 173 Å². The maximum Gasteiger partial charge on any atom is 0.234 e. The summed E-state index contributed by atoms with van der Waals surface area (Å²) in [5.41, 5.74) is 2.25. The Morgan fingerprint density at radius 3 is 2.55 bits per heavy atom. The Hall–Kier alpha value is -2.87. The number of hydrogen-bond acceptors (Lipinski definition) is 5. The topological polar surface area (TPSA) is 85.8 Å². The molecule has 1 amide bonds. The third-order valence-corrected chi connectivity index (χ3v) is 5.33. The molecule has 1 heterocycles. The number of nitrogens with two attached hydrogens (primary N) is 1. The second-order valence-corrected chi connectivity index (χ2v) is 8.61. The highest BCUT2D eigenvalue weighted by Gasteiger charge is 2.19. The SMILES string of the molecule is CC(C)(C)c1ccccc1NC(=O)CSc1nnc(Cc2ccccc2F)n1N. The number of anilines is 1. The van der Waals surface area contributed by atoms with Gasteiger partial charge in [0.05, 0.1) is 5.75 Å². The Morgan fingerprint density at radius 1 is 1.14 bits per heavy atom. The summed E-state index contributed by atoms with van der Waals surface area (Å²) in [6, 6.07) is 14.2. The van der Waals surface area contributed by atoms with Crippen molar-refractivity contribution in [3.05, 3.63) is 71.3 Å². The third kappa shape index (κ3) is 5.14. The van der Waals surface area contributed by atoms with Crippen molar-refractivity contribution in [2.75, 3.05) is 16.9 Å². The number of nitrogen functional groups attached to an aromatic ring is 1. The van der Waals surface area contributed by atoms with E-state index in [0.717, 1.165) is 11.3 Å². The van der Waals surface area contributed by atoms with Crippen LogP contribution >= 0.6 is 11.8 Å². The fraction of sp³-hybridized carbons (Fsp3) is 0.286. The van der Waals surface area contributed by atoms with Crippen LogP contribution in [0.3, 0.4) is 0 Å². The van der Waals surface area contributed by atoms with E-state index in [0.29, 0.717) is 16.5 Å². The van der Waals surface area contributed by atoms with Crippen LogP contribution in [0.25, 0.3) is 0 Å². The monoisotopic (exact) mass is 413 g/mol. The highest BCUT2D eigenvalue weighted by atomic mass is 32.2. The molecule has 0 saturated heterocycles. The zero-order chi connectivity index (χ0) is 21.0. The molecule has 0 saturated carbocycles. The lowest BCUT2D eigenvalue weighted by molar-refractivity contribution is -0.113. The zero-order valence-electron chi connectivity index (χ0n) is 16.6. The zero-order valence-corrected chi connectivity index (χ0v) is 17.5. The number of carbonyl (C=O) groups is 1. The molecule has 0 bridgehead atoms. The van der Waals surface area contributed by atoms with Crippen LogP contribution in [0.1, 0.15) is 37.7 Å². The molecular formula is C21H24FN5OS. The quantitative estimate of drug-likeness (QED) is 0.475. The number of benzene rings is 2. The summed E-state index contributed by atoms with van der Waals surface area (Å²) in [4.78, 5) is 12.4. The molecule has 3 N–H and O–H groups in total. The van der Waals surface area contributed by atoms with Crippen molar-refractivity contribution < 1.29 is 9.18 Å². The lowest BCUT2D eigenvalue weighted by Crippen LogP contribution is -2.20. The number of amides is 1. The molecule has 0 unspecified atom stereocenters. The maximum atomic E-state index is 13.8. The fourth-order valence-corrected chi connectivity index (χ4v) is 3.58. The number of nitrogens with zero attached hydrogens (tertiary/aromatic N) is 3. The second kappa shape index (κ2) is 8.65. The van der Waals surface area contributed by atoms with E-state index < -0.39 is 0 Å². The number of aromatic nitrogens is 3. The predicted octanol–water partition coefficient (Wildman–Crippen LogP) is 3.75. The summed E-state index contributed by atoms with van der Waals surface area (Å²) in [5, 5.41) is 11.4. The van der Waals surface area contributed by atoms with E-state index in [2.05, 4.69) is 36.3 Å². The average molecular weight is 414 g/mol. The van der Waals surface area contributed by atoms with Gasteiger partial charge in [-0.3, -0.25) is 4.79 Å². The van der Waals surface area contributed by atoms with Gasteiger partial charge in [0.15, 0.2) is 5.82 Å². The first-order valence-electron chi connectivity index (χ1n) is 9.20. The van der Waals surface area contributed by atoms with Crippen LogP contribution in [0.15, 0.2) is 53.7 Å². The maximum absolute atomic E-state index is 13.8. The number of carbonyl (C=O) groups excluding carboxylic acids is 1. The molecule has 29 heavy (non-hydrogen) atoms. The highest BCUT2D eigenvalue weighted by Crippen LogP contribution is 2.29. The van der Waals surface area contributed by atoms with Gasteiger partial charge in [0.25, 0.3) is 0 Å².